The molecule has 3 rings (SSSR count). The number of nitrogens with zero attached hydrogens (tertiary/aromatic N) is 4. The van der Waals surface area contributed by atoms with Crippen molar-refractivity contribution in [2.75, 3.05) is 10.7 Å². The fraction of sp³-hybridized carbons (Fsp3) is 0.227. The van der Waals surface area contributed by atoms with Gasteiger partial charge in [-0.3, -0.25) is 9.36 Å². The third kappa shape index (κ3) is 4.51. The van der Waals surface area contributed by atoms with E-state index in [2.05, 4.69) is 16.8 Å². The van der Waals surface area contributed by atoms with Crippen molar-refractivity contribution in [2.45, 2.75) is 31.6 Å². The lowest BCUT2D eigenvalue weighted by atomic mass is 10.2. The van der Waals surface area contributed by atoms with Gasteiger partial charge in [-0.1, -0.05) is 66.4 Å². The molecule has 1 aromatic heterocycles. The van der Waals surface area contributed by atoms with Gasteiger partial charge < -0.3 is 4.90 Å². The van der Waals surface area contributed by atoms with Crippen LogP contribution in [0.25, 0.3) is 11.4 Å². The van der Waals surface area contributed by atoms with E-state index in [1.807, 2.05) is 90.1 Å². The number of rotatable bonds is 8. The zero-order valence-electron chi connectivity index (χ0n) is 16.2. The van der Waals surface area contributed by atoms with Crippen molar-refractivity contribution in [3.63, 3.8) is 0 Å². The molecule has 0 spiro atoms. The van der Waals surface area contributed by atoms with Gasteiger partial charge in [0.1, 0.15) is 0 Å². The highest BCUT2D eigenvalue weighted by molar-refractivity contribution is 7.99. The minimum absolute atomic E-state index is 0.0422. The van der Waals surface area contributed by atoms with Gasteiger partial charge in [0.05, 0.1) is 5.75 Å². The van der Waals surface area contributed by atoms with Gasteiger partial charge in [-0.2, -0.15) is 0 Å². The van der Waals surface area contributed by atoms with Crippen LogP contribution in [-0.2, 0) is 11.3 Å². The van der Waals surface area contributed by atoms with E-state index < -0.39 is 0 Å². The number of carbonyl (C=O) groups excluding carboxylic acids is 1. The van der Waals surface area contributed by atoms with Gasteiger partial charge in [0.25, 0.3) is 0 Å². The van der Waals surface area contributed by atoms with Crippen LogP contribution in [0.1, 0.15) is 13.8 Å². The number of aromatic nitrogens is 3. The third-order valence-electron chi connectivity index (χ3n) is 4.20. The molecule has 1 amide bonds. The third-order valence-corrected chi connectivity index (χ3v) is 5.16. The number of hydrogen-bond acceptors (Lipinski definition) is 4. The molecular formula is C22H24N4OS. The molecular weight excluding hydrogens is 368 g/mol. The Morgan fingerprint density at radius 2 is 1.75 bits per heavy atom. The average Bonchev–Trinajstić information content (AvgIpc) is 3.11. The lowest BCUT2D eigenvalue weighted by molar-refractivity contribution is -0.116. The van der Waals surface area contributed by atoms with Crippen molar-refractivity contribution >= 4 is 23.4 Å². The summed E-state index contributed by atoms with van der Waals surface area (Å²) in [5.74, 6) is 1.11. The molecule has 144 valence electrons. The highest BCUT2D eigenvalue weighted by Gasteiger charge is 2.21. The first-order chi connectivity index (χ1) is 13.6. The molecule has 5 nitrogen and oxygen atoms in total. The second kappa shape index (κ2) is 9.37. The van der Waals surface area contributed by atoms with E-state index in [4.69, 9.17) is 0 Å². The molecule has 28 heavy (non-hydrogen) atoms. The minimum atomic E-state index is 0.0422. The van der Waals surface area contributed by atoms with E-state index in [1.165, 1.54) is 11.8 Å². The number of amides is 1. The van der Waals surface area contributed by atoms with Crippen LogP contribution in [0.2, 0.25) is 0 Å². The van der Waals surface area contributed by atoms with Crippen LogP contribution in [0, 0.1) is 0 Å². The van der Waals surface area contributed by atoms with E-state index in [1.54, 1.807) is 0 Å². The van der Waals surface area contributed by atoms with Crippen molar-refractivity contribution in [2.24, 2.45) is 0 Å². The van der Waals surface area contributed by atoms with E-state index >= 15 is 0 Å². The number of thioether (sulfide) groups is 1. The first kappa shape index (κ1) is 19.9. The van der Waals surface area contributed by atoms with Crippen LogP contribution in [-0.4, -0.2) is 32.5 Å². The van der Waals surface area contributed by atoms with Crippen molar-refractivity contribution in [1.29, 1.82) is 0 Å². The molecule has 0 saturated carbocycles. The summed E-state index contributed by atoms with van der Waals surface area (Å²) in [5, 5.41) is 9.37. The molecule has 0 radical (unpaired) electrons. The normalized spacial score (nSPS) is 10.8. The molecule has 0 fully saturated rings. The van der Waals surface area contributed by atoms with Gasteiger partial charge in [0.2, 0.25) is 5.91 Å². The molecule has 6 heteroatoms. The second-order valence-electron chi connectivity index (χ2n) is 6.55. The molecule has 0 atom stereocenters. The van der Waals surface area contributed by atoms with Crippen molar-refractivity contribution in [1.82, 2.24) is 14.8 Å². The van der Waals surface area contributed by atoms with Gasteiger partial charge in [-0.15, -0.1) is 16.8 Å². The lowest BCUT2D eigenvalue weighted by Gasteiger charge is -2.26. The molecule has 3 aromatic rings. The fourth-order valence-corrected chi connectivity index (χ4v) is 3.81. The zero-order valence-corrected chi connectivity index (χ0v) is 17.0. The number of para-hydroxylation sites is 1. The summed E-state index contributed by atoms with van der Waals surface area (Å²) in [5.41, 5.74) is 1.89. The van der Waals surface area contributed by atoms with Crippen LogP contribution >= 0.6 is 11.8 Å². The number of allylic oxidation sites excluding steroid dienone is 1. The maximum absolute atomic E-state index is 12.9. The lowest BCUT2D eigenvalue weighted by Crippen LogP contribution is -2.38. The van der Waals surface area contributed by atoms with Crippen LogP contribution in [0.4, 0.5) is 5.69 Å². The summed E-state index contributed by atoms with van der Waals surface area (Å²) in [6, 6.07) is 19.7. The topological polar surface area (TPSA) is 51.0 Å². The van der Waals surface area contributed by atoms with E-state index in [0.29, 0.717) is 11.7 Å². The summed E-state index contributed by atoms with van der Waals surface area (Å²) in [7, 11) is 0. The largest absolute Gasteiger partial charge is 0.309 e. The average molecular weight is 393 g/mol. The highest BCUT2D eigenvalue weighted by atomic mass is 32.2. The van der Waals surface area contributed by atoms with E-state index in [9.17, 15) is 4.79 Å². The Balaban J connectivity index is 1.79. The monoisotopic (exact) mass is 392 g/mol. The van der Waals surface area contributed by atoms with Gasteiger partial charge in [-0.05, 0) is 26.0 Å². The summed E-state index contributed by atoms with van der Waals surface area (Å²) in [6.07, 6.45) is 1.81. The van der Waals surface area contributed by atoms with Crippen LogP contribution in [0.15, 0.2) is 78.5 Å². The molecule has 0 bridgehead atoms. The Morgan fingerprint density at radius 1 is 1.11 bits per heavy atom. The first-order valence-electron chi connectivity index (χ1n) is 9.21. The number of benzene rings is 2. The molecule has 0 unspecified atom stereocenters. The number of carbonyl (C=O) groups is 1. The van der Waals surface area contributed by atoms with Crippen molar-refractivity contribution in [3.05, 3.63) is 73.3 Å². The van der Waals surface area contributed by atoms with Gasteiger partial charge in [-0.25, -0.2) is 0 Å². The summed E-state index contributed by atoms with van der Waals surface area (Å²) < 4.78 is 1.99. The maximum Gasteiger partial charge on any atom is 0.237 e. The van der Waals surface area contributed by atoms with Crippen LogP contribution in [0.5, 0.6) is 0 Å². The standard InChI is InChI=1S/C22H24N4OS/c1-4-15-25-21(18-11-7-5-8-12-18)23-24-22(25)28-16-20(27)26(17(2)3)19-13-9-6-10-14-19/h4-14,17H,1,15-16H2,2-3H3. The number of hydrogen-bond donors (Lipinski definition) is 0. The Kier molecular flexibility index (Phi) is 6.66. The maximum atomic E-state index is 12.9. The summed E-state index contributed by atoms with van der Waals surface area (Å²) in [4.78, 5) is 14.8. The van der Waals surface area contributed by atoms with Crippen LogP contribution < -0.4 is 4.90 Å². The molecule has 0 aliphatic carbocycles. The highest BCUT2D eigenvalue weighted by Crippen LogP contribution is 2.25. The Bertz CT molecular complexity index is 922. The Hall–Kier alpha value is -2.86. The van der Waals surface area contributed by atoms with E-state index in [0.717, 1.165) is 17.1 Å². The zero-order chi connectivity index (χ0) is 19.9. The molecule has 2 aromatic carbocycles. The van der Waals surface area contributed by atoms with Crippen molar-refractivity contribution in [3.8, 4) is 11.4 Å². The summed E-state index contributed by atoms with van der Waals surface area (Å²) >= 11 is 1.40. The van der Waals surface area contributed by atoms with Gasteiger partial charge >= 0.3 is 0 Å². The predicted molar refractivity (Wildman–Crippen MR) is 115 cm³/mol. The minimum Gasteiger partial charge on any atom is -0.309 e. The SMILES string of the molecule is C=CCn1c(SCC(=O)N(c2ccccc2)C(C)C)nnc1-c1ccccc1. The number of anilines is 1. The van der Waals surface area contributed by atoms with Gasteiger partial charge in [0.15, 0.2) is 11.0 Å². The Labute approximate surface area is 170 Å². The second-order valence-corrected chi connectivity index (χ2v) is 7.50. The first-order valence-corrected chi connectivity index (χ1v) is 10.2. The van der Waals surface area contributed by atoms with Crippen molar-refractivity contribution < 1.29 is 4.79 Å². The fourth-order valence-electron chi connectivity index (χ4n) is 3.00. The molecule has 0 N–H and O–H groups in total. The van der Waals surface area contributed by atoms with Crippen LogP contribution in [0.3, 0.4) is 0 Å². The quantitative estimate of drug-likeness (QED) is 0.413. The van der Waals surface area contributed by atoms with E-state index in [-0.39, 0.29) is 17.7 Å². The molecule has 0 aliphatic heterocycles. The van der Waals surface area contributed by atoms with Gasteiger partial charge in [0, 0.05) is 23.8 Å². The smallest absolute Gasteiger partial charge is 0.237 e. The predicted octanol–water partition coefficient (Wildman–Crippen LogP) is 4.66. The molecule has 1 heterocycles. The Morgan fingerprint density at radius 3 is 2.36 bits per heavy atom. The summed E-state index contributed by atoms with van der Waals surface area (Å²) in [6.45, 7) is 8.45. The molecule has 0 saturated heterocycles. The molecule has 0 aliphatic rings.